The van der Waals surface area contributed by atoms with Crippen molar-refractivity contribution in [3.8, 4) is 28.1 Å². The van der Waals surface area contributed by atoms with E-state index in [0.717, 1.165) is 11.3 Å². The van der Waals surface area contributed by atoms with Gasteiger partial charge < -0.3 is 20.3 Å². The summed E-state index contributed by atoms with van der Waals surface area (Å²) in [5, 5.41) is 31.0. The number of benzene rings is 1. The average molecular weight is 384 g/mol. The number of carboxylic acids is 1. The van der Waals surface area contributed by atoms with E-state index in [-0.39, 0.29) is 15.9 Å². The van der Waals surface area contributed by atoms with E-state index >= 15 is 0 Å². The van der Waals surface area contributed by atoms with Crippen molar-refractivity contribution in [1.82, 2.24) is 15.3 Å². The van der Waals surface area contributed by atoms with Gasteiger partial charge in [0.05, 0.1) is 7.11 Å². The molecule has 0 aliphatic rings. The molecule has 0 aliphatic carbocycles. The summed E-state index contributed by atoms with van der Waals surface area (Å²) in [5.41, 5.74) is 0.290. The zero-order valence-corrected chi connectivity index (χ0v) is 14.7. The first-order valence-electron chi connectivity index (χ1n) is 7.52. The molecule has 0 atom stereocenters. The average Bonchev–Trinajstić information content (AvgIpc) is 3.12. The van der Waals surface area contributed by atoms with Crippen LogP contribution in [0.2, 0.25) is 0 Å². The van der Waals surface area contributed by atoms with Crippen LogP contribution in [0.15, 0.2) is 24.3 Å². The molecule has 0 bridgehead atoms. The fraction of sp³-hybridized carbons (Fsp3) is 0.118. The molecule has 0 saturated carbocycles. The van der Waals surface area contributed by atoms with Crippen LogP contribution in [0.4, 0.5) is 0 Å². The van der Waals surface area contributed by atoms with Gasteiger partial charge in [-0.2, -0.15) is 5.26 Å². The van der Waals surface area contributed by atoms with E-state index in [1.54, 1.807) is 24.3 Å². The van der Waals surface area contributed by atoms with Crippen LogP contribution in [-0.2, 0) is 4.79 Å². The number of amides is 1. The molecular weight excluding hydrogens is 372 g/mol. The van der Waals surface area contributed by atoms with Crippen molar-refractivity contribution in [3.63, 3.8) is 0 Å². The molecule has 3 N–H and O–H groups in total. The topological polar surface area (TPSA) is 145 Å². The summed E-state index contributed by atoms with van der Waals surface area (Å²) in [6, 6.07) is 8.92. The summed E-state index contributed by atoms with van der Waals surface area (Å²) in [5.74, 6) is -1.99. The van der Waals surface area contributed by atoms with Crippen molar-refractivity contribution in [2.24, 2.45) is 0 Å². The maximum Gasteiger partial charge on any atom is 0.322 e. The fourth-order valence-electron chi connectivity index (χ4n) is 2.32. The number of carbonyl (C=O) groups is 2. The van der Waals surface area contributed by atoms with Crippen molar-refractivity contribution in [1.29, 1.82) is 5.26 Å². The maximum atomic E-state index is 12.1. The van der Waals surface area contributed by atoms with Crippen LogP contribution >= 0.6 is 11.3 Å². The largest absolute Gasteiger partial charge is 0.504 e. The second-order valence-electron chi connectivity index (χ2n) is 5.27. The SMILES string of the molecule is COc1cccc(-c2nc3c(C#N)nc(C(=O)NCC(=O)O)c(O)c3s2)c1. The third-order valence-corrected chi connectivity index (χ3v) is 4.66. The normalized spacial score (nSPS) is 10.4. The Hall–Kier alpha value is -3.71. The lowest BCUT2D eigenvalue weighted by molar-refractivity contribution is -0.135. The van der Waals surface area contributed by atoms with Gasteiger partial charge in [-0.15, -0.1) is 11.3 Å². The van der Waals surface area contributed by atoms with E-state index in [0.29, 0.717) is 16.3 Å². The number of hydrogen-bond donors (Lipinski definition) is 3. The van der Waals surface area contributed by atoms with Gasteiger partial charge in [-0.05, 0) is 12.1 Å². The van der Waals surface area contributed by atoms with Crippen LogP contribution < -0.4 is 10.1 Å². The van der Waals surface area contributed by atoms with E-state index in [4.69, 9.17) is 9.84 Å². The lowest BCUT2D eigenvalue weighted by Crippen LogP contribution is -2.30. The number of aromatic nitrogens is 2. The van der Waals surface area contributed by atoms with Gasteiger partial charge in [0.2, 0.25) is 0 Å². The number of thiazole rings is 1. The predicted molar refractivity (Wildman–Crippen MR) is 95.8 cm³/mol. The Morgan fingerprint density at radius 2 is 2.15 bits per heavy atom. The quantitative estimate of drug-likeness (QED) is 0.603. The lowest BCUT2D eigenvalue weighted by Gasteiger charge is -2.05. The highest BCUT2D eigenvalue weighted by Crippen LogP contribution is 2.38. The molecule has 0 saturated heterocycles. The molecule has 0 radical (unpaired) electrons. The molecule has 2 heterocycles. The first-order chi connectivity index (χ1) is 12.9. The summed E-state index contributed by atoms with van der Waals surface area (Å²) in [6.45, 7) is -0.641. The molecular formula is C17H12N4O5S. The van der Waals surface area contributed by atoms with Gasteiger partial charge in [-0.25, -0.2) is 9.97 Å². The number of aromatic hydroxyl groups is 1. The number of nitrogens with one attached hydrogen (secondary N) is 1. The van der Waals surface area contributed by atoms with Crippen LogP contribution in [0.3, 0.4) is 0 Å². The van der Waals surface area contributed by atoms with Gasteiger partial charge in [0.1, 0.15) is 33.6 Å². The minimum Gasteiger partial charge on any atom is -0.504 e. The van der Waals surface area contributed by atoms with Crippen molar-refractivity contribution >= 4 is 33.4 Å². The van der Waals surface area contributed by atoms with Crippen LogP contribution in [-0.4, -0.2) is 45.7 Å². The molecule has 3 rings (SSSR count). The molecule has 0 fully saturated rings. The highest BCUT2D eigenvalue weighted by Gasteiger charge is 2.23. The number of ether oxygens (including phenoxy) is 1. The lowest BCUT2D eigenvalue weighted by atomic mass is 10.2. The Labute approximate surface area is 156 Å². The van der Waals surface area contributed by atoms with Gasteiger partial charge in [-0.1, -0.05) is 12.1 Å². The fourth-order valence-corrected chi connectivity index (χ4v) is 3.33. The molecule has 2 aromatic heterocycles. The number of carboxylic acid groups (broad SMARTS) is 1. The summed E-state index contributed by atoms with van der Waals surface area (Å²) >= 11 is 1.08. The molecule has 0 aliphatic heterocycles. The first kappa shape index (κ1) is 18.1. The van der Waals surface area contributed by atoms with Gasteiger partial charge in [0, 0.05) is 5.56 Å². The summed E-state index contributed by atoms with van der Waals surface area (Å²) in [4.78, 5) is 30.9. The van der Waals surface area contributed by atoms with E-state index in [1.165, 1.54) is 7.11 Å². The predicted octanol–water partition coefficient (Wildman–Crippen LogP) is 1.76. The van der Waals surface area contributed by atoms with E-state index in [2.05, 4.69) is 15.3 Å². The summed E-state index contributed by atoms with van der Waals surface area (Å²) in [7, 11) is 1.53. The number of hydrogen-bond acceptors (Lipinski definition) is 8. The third kappa shape index (κ3) is 3.49. The van der Waals surface area contributed by atoms with E-state index < -0.39 is 29.9 Å². The van der Waals surface area contributed by atoms with Crippen molar-refractivity contribution in [2.45, 2.75) is 0 Å². The first-order valence-corrected chi connectivity index (χ1v) is 8.34. The number of carbonyl (C=O) groups excluding carboxylic acids is 1. The molecule has 3 aromatic rings. The second-order valence-corrected chi connectivity index (χ2v) is 6.27. The molecule has 1 aromatic carbocycles. The number of pyridine rings is 1. The van der Waals surface area contributed by atoms with Crippen molar-refractivity contribution in [2.75, 3.05) is 13.7 Å². The molecule has 1 amide bonds. The smallest absolute Gasteiger partial charge is 0.322 e. The second kappa shape index (κ2) is 7.27. The molecule has 9 nitrogen and oxygen atoms in total. The van der Waals surface area contributed by atoms with Crippen LogP contribution in [0.1, 0.15) is 16.2 Å². The molecule has 0 spiro atoms. The maximum absolute atomic E-state index is 12.1. The number of aliphatic carboxylic acids is 1. The van der Waals surface area contributed by atoms with E-state index in [9.17, 15) is 20.0 Å². The zero-order valence-electron chi connectivity index (χ0n) is 13.9. The zero-order chi connectivity index (χ0) is 19.6. The number of methoxy groups -OCH3 is 1. The summed E-state index contributed by atoms with van der Waals surface area (Å²) < 4.78 is 5.39. The summed E-state index contributed by atoms with van der Waals surface area (Å²) in [6.07, 6.45) is 0. The van der Waals surface area contributed by atoms with Gasteiger partial charge in [0.25, 0.3) is 5.91 Å². The number of nitriles is 1. The van der Waals surface area contributed by atoms with Crippen LogP contribution in [0, 0.1) is 11.3 Å². The van der Waals surface area contributed by atoms with Crippen molar-refractivity contribution < 1.29 is 24.5 Å². The monoisotopic (exact) mass is 384 g/mol. The van der Waals surface area contributed by atoms with Crippen molar-refractivity contribution in [3.05, 3.63) is 35.7 Å². The number of rotatable bonds is 5. The Morgan fingerprint density at radius 1 is 1.37 bits per heavy atom. The molecule has 10 heteroatoms. The van der Waals surface area contributed by atoms with E-state index in [1.807, 2.05) is 6.07 Å². The highest BCUT2D eigenvalue weighted by molar-refractivity contribution is 7.22. The minimum absolute atomic E-state index is 0.145. The standard InChI is InChI=1S/C17H12N4O5S/c1-26-9-4-2-3-8(5-9)17-21-12-10(6-18)20-13(14(24)15(12)27-17)16(25)19-7-11(22)23/h2-5,24H,7H2,1H3,(H,19,25)(H,22,23). The van der Waals surface area contributed by atoms with Gasteiger partial charge >= 0.3 is 5.97 Å². The Morgan fingerprint density at radius 3 is 2.81 bits per heavy atom. The number of fused-ring (bicyclic) bond motifs is 1. The van der Waals surface area contributed by atoms with Gasteiger partial charge in [0.15, 0.2) is 17.1 Å². The van der Waals surface area contributed by atoms with Gasteiger partial charge in [-0.3, -0.25) is 9.59 Å². The Balaban J connectivity index is 2.12. The van der Waals surface area contributed by atoms with Crippen LogP contribution in [0.5, 0.6) is 11.5 Å². The molecule has 0 unspecified atom stereocenters. The number of nitrogens with zero attached hydrogens (tertiary/aromatic N) is 3. The minimum atomic E-state index is -1.25. The third-order valence-electron chi connectivity index (χ3n) is 3.55. The molecule has 27 heavy (non-hydrogen) atoms. The highest BCUT2D eigenvalue weighted by atomic mass is 32.1. The Bertz CT molecular complexity index is 1100. The molecule has 136 valence electrons. The Kier molecular flexibility index (Phi) is 4.87. The van der Waals surface area contributed by atoms with Crippen LogP contribution in [0.25, 0.3) is 20.8 Å².